The van der Waals surface area contributed by atoms with Crippen molar-refractivity contribution in [2.45, 2.75) is 26.7 Å². The first-order valence-electron chi connectivity index (χ1n) is 4.67. The Labute approximate surface area is 84.3 Å². The van der Waals surface area contributed by atoms with Gasteiger partial charge in [0.2, 0.25) is 0 Å². The molecule has 0 aliphatic heterocycles. The topological polar surface area (TPSA) is 55.1 Å². The molecule has 76 valence electrons. The van der Waals surface area contributed by atoms with Gasteiger partial charge in [0.15, 0.2) is 0 Å². The molecule has 0 fully saturated rings. The van der Waals surface area contributed by atoms with Crippen LogP contribution in [0.5, 0.6) is 0 Å². The molecule has 0 saturated heterocycles. The van der Waals surface area contributed by atoms with Crippen LogP contribution in [0.25, 0.3) is 0 Å². The minimum atomic E-state index is -0.524. The van der Waals surface area contributed by atoms with Gasteiger partial charge in [0.25, 0.3) is 0 Å². The SMILES string of the molecule is Cc1ccc(NC(N)=O)cc1C(C)C. The molecule has 0 atom stereocenters. The third-order valence-electron chi connectivity index (χ3n) is 2.17. The second-order valence-electron chi connectivity index (χ2n) is 3.72. The van der Waals surface area contributed by atoms with Crippen molar-refractivity contribution in [3.63, 3.8) is 0 Å². The van der Waals surface area contributed by atoms with Gasteiger partial charge in [0.1, 0.15) is 0 Å². The summed E-state index contributed by atoms with van der Waals surface area (Å²) in [6.07, 6.45) is 0. The molecule has 2 amide bonds. The van der Waals surface area contributed by atoms with E-state index in [0.717, 1.165) is 5.69 Å². The van der Waals surface area contributed by atoms with Gasteiger partial charge >= 0.3 is 6.03 Å². The van der Waals surface area contributed by atoms with E-state index in [4.69, 9.17) is 5.73 Å². The number of hydrogen-bond acceptors (Lipinski definition) is 1. The van der Waals surface area contributed by atoms with E-state index < -0.39 is 6.03 Å². The maximum atomic E-state index is 10.6. The Morgan fingerprint density at radius 2 is 2.07 bits per heavy atom. The normalized spacial score (nSPS) is 10.3. The first kappa shape index (κ1) is 10.6. The van der Waals surface area contributed by atoms with Gasteiger partial charge < -0.3 is 11.1 Å². The second kappa shape index (κ2) is 4.13. The predicted molar refractivity (Wildman–Crippen MR) is 58.5 cm³/mol. The van der Waals surface area contributed by atoms with Gasteiger partial charge in [-0.25, -0.2) is 4.79 Å². The molecule has 1 aromatic rings. The third-order valence-corrected chi connectivity index (χ3v) is 2.17. The van der Waals surface area contributed by atoms with Crippen molar-refractivity contribution in [3.8, 4) is 0 Å². The van der Waals surface area contributed by atoms with Crippen LogP contribution in [0.1, 0.15) is 30.9 Å². The Balaban J connectivity index is 3.00. The molecular weight excluding hydrogens is 176 g/mol. The highest BCUT2D eigenvalue weighted by molar-refractivity contribution is 5.87. The van der Waals surface area contributed by atoms with Gasteiger partial charge in [-0.1, -0.05) is 19.9 Å². The van der Waals surface area contributed by atoms with Gasteiger partial charge in [0.05, 0.1) is 0 Å². The quantitative estimate of drug-likeness (QED) is 0.743. The van der Waals surface area contributed by atoms with Gasteiger partial charge in [-0.05, 0) is 36.1 Å². The molecule has 1 rings (SSSR count). The summed E-state index contributed by atoms with van der Waals surface area (Å²) >= 11 is 0. The molecule has 1 aromatic carbocycles. The van der Waals surface area contributed by atoms with Crippen LogP contribution in [0.3, 0.4) is 0 Å². The summed E-state index contributed by atoms with van der Waals surface area (Å²) in [6.45, 7) is 6.30. The fraction of sp³-hybridized carbons (Fsp3) is 0.364. The highest BCUT2D eigenvalue weighted by Crippen LogP contribution is 2.22. The highest BCUT2D eigenvalue weighted by Gasteiger charge is 2.05. The fourth-order valence-corrected chi connectivity index (χ4v) is 1.48. The van der Waals surface area contributed by atoms with Crippen molar-refractivity contribution in [1.29, 1.82) is 0 Å². The van der Waals surface area contributed by atoms with E-state index in [1.807, 2.05) is 18.2 Å². The number of benzene rings is 1. The van der Waals surface area contributed by atoms with Crippen LogP contribution in [0.4, 0.5) is 10.5 Å². The van der Waals surface area contributed by atoms with Crippen LogP contribution >= 0.6 is 0 Å². The Hall–Kier alpha value is -1.51. The van der Waals surface area contributed by atoms with Crippen molar-refractivity contribution in [3.05, 3.63) is 29.3 Å². The number of nitrogens with one attached hydrogen (secondary N) is 1. The zero-order valence-corrected chi connectivity index (χ0v) is 8.79. The minimum absolute atomic E-state index is 0.449. The average molecular weight is 192 g/mol. The Morgan fingerprint density at radius 1 is 1.43 bits per heavy atom. The van der Waals surface area contributed by atoms with Gasteiger partial charge in [0, 0.05) is 5.69 Å². The monoisotopic (exact) mass is 192 g/mol. The Bertz CT molecular complexity index is 345. The molecule has 3 N–H and O–H groups in total. The van der Waals surface area contributed by atoms with E-state index in [0.29, 0.717) is 5.92 Å². The van der Waals surface area contributed by atoms with Crippen LogP contribution in [-0.4, -0.2) is 6.03 Å². The van der Waals surface area contributed by atoms with Crippen LogP contribution < -0.4 is 11.1 Å². The van der Waals surface area contributed by atoms with Crippen LogP contribution in [0.15, 0.2) is 18.2 Å². The lowest BCUT2D eigenvalue weighted by atomic mass is 9.97. The summed E-state index contributed by atoms with van der Waals surface area (Å²) in [6, 6.07) is 5.28. The predicted octanol–water partition coefficient (Wildman–Crippen LogP) is 2.61. The second-order valence-corrected chi connectivity index (χ2v) is 3.72. The number of urea groups is 1. The Kier molecular flexibility index (Phi) is 3.12. The average Bonchev–Trinajstić information content (AvgIpc) is 2.07. The van der Waals surface area contributed by atoms with E-state index >= 15 is 0 Å². The standard InChI is InChI=1S/C11H16N2O/c1-7(2)10-6-9(13-11(12)14)5-4-8(10)3/h4-7H,1-3H3,(H3,12,13,14). The zero-order valence-electron chi connectivity index (χ0n) is 8.79. The number of carbonyl (C=O) groups is 1. The van der Waals surface area contributed by atoms with Crippen LogP contribution in [-0.2, 0) is 0 Å². The number of aryl methyl sites for hydroxylation is 1. The number of primary amides is 1. The molecule has 0 heterocycles. The first-order valence-corrected chi connectivity index (χ1v) is 4.67. The number of nitrogens with two attached hydrogens (primary N) is 1. The lowest BCUT2D eigenvalue weighted by Crippen LogP contribution is -2.19. The number of rotatable bonds is 2. The van der Waals surface area contributed by atoms with E-state index in [2.05, 4.69) is 26.1 Å². The summed E-state index contributed by atoms with van der Waals surface area (Å²) < 4.78 is 0. The molecule has 3 heteroatoms. The summed E-state index contributed by atoms with van der Waals surface area (Å²) in [5.74, 6) is 0.449. The molecule has 0 unspecified atom stereocenters. The van der Waals surface area contributed by atoms with Crippen LogP contribution in [0.2, 0.25) is 0 Å². The fourth-order valence-electron chi connectivity index (χ4n) is 1.48. The third kappa shape index (κ3) is 2.49. The van der Waals surface area contributed by atoms with Crippen molar-refractivity contribution in [2.75, 3.05) is 5.32 Å². The molecular formula is C11H16N2O. The molecule has 0 saturated carbocycles. The number of amides is 2. The molecule has 0 bridgehead atoms. The molecule has 3 nitrogen and oxygen atoms in total. The van der Waals surface area contributed by atoms with Gasteiger partial charge in [-0.3, -0.25) is 0 Å². The Morgan fingerprint density at radius 3 is 2.57 bits per heavy atom. The van der Waals surface area contributed by atoms with Crippen molar-refractivity contribution < 1.29 is 4.79 Å². The number of hydrogen-bond donors (Lipinski definition) is 2. The number of anilines is 1. The smallest absolute Gasteiger partial charge is 0.316 e. The molecule has 0 aromatic heterocycles. The minimum Gasteiger partial charge on any atom is -0.351 e. The van der Waals surface area contributed by atoms with Crippen LogP contribution in [0, 0.1) is 6.92 Å². The highest BCUT2D eigenvalue weighted by atomic mass is 16.2. The molecule has 0 radical (unpaired) electrons. The lowest BCUT2D eigenvalue weighted by molar-refractivity contribution is 0.259. The molecule has 0 spiro atoms. The van der Waals surface area contributed by atoms with E-state index in [-0.39, 0.29) is 0 Å². The van der Waals surface area contributed by atoms with Gasteiger partial charge in [-0.15, -0.1) is 0 Å². The maximum absolute atomic E-state index is 10.6. The van der Waals surface area contributed by atoms with E-state index in [1.165, 1.54) is 11.1 Å². The maximum Gasteiger partial charge on any atom is 0.316 e. The van der Waals surface area contributed by atoms with Gasteiger partial charge in [-0.2, -0.15) is 0 Å². The molecule has 0 aliphatic carbocycles. The van der Waals surface area contributed by atoms with E-state index in [1.54, 1.807) is 0 Å². The summed E-state index contributed by atoms with van der Waals surface area (Å²) in [4.78, 5) is 10.6. The van der Waals surface area contributed by atoms with Crippen molar-refractivity contribution in [1.82, 2.24) is 0 Å². The largest absolute Gasteiger partial charge is 0.351 e. The summed E-state index contributed by atoms with van der Waals surface area (Å²) in [5.41, 5.74) is 8.26. The number of carbonyl (C=O) groups excluding carboxylic acids is 1. The summed E-state index contributed by atoms with van der Waals surface area (Å²) in [7, 11) is 0. The lowest BCUT2D eigenvalue weighted by Gasteiger charge is -2.11. The zero-order chi connectivity index (χ0) is 10.7. The first-order chi connectivity index (χ1) is 6.50. The molecule has 14 heavy (non-hydrogen) atoms. The molecule has 0 aliphatic rings. The van der Waals surface area contributed by atoms with E-state index in [9.17, 15) is 4.79 Å². The van der Waals surface area contributed by atoms with Crippen molar-refractivity contribution in [2.24, 2.45) is 5.73 Å². The van der Waals surface area contributed by atoms with Crippen molar-refractivity contribution >= 4 is 11.7 Å². The summed E-state index contributed by atoms with van der Waals surface area (Å²) in [5, 5.41) is 2.57.